The van der Waals surface area contributed by atoms with Gasteiger partial charge in [-0.05, 0) is 41.8 Å². The Balaban J connectivity index is 1.99. The van der Waals surface area contributed by atoms with Crippen LogP contribution in [0.15, 0.2) is 48.5 Å². The first-order valence-electron chi connectivity index (χ1n) is 9.50. The molecule has 0 aliphatic heterocycles. The molecule has 1 aliphatic rings. The molecule has 0 amide bonds. The van der Waals surface area contributed by atoms with Crippen molar-refractivity contribution in [1.29, 1.82) is 0 Å². The molecule has 0 aromatic heterocycles. The van der Waals surface area contributed by atoms with Gasteiger partial charge in [-0.25, -0.2) is 0 Å². The fourth-order valence-corrected chi connectivity index (χ4v) is 3.36. The summed E-state index contributed by atoms with van der Waals surface area (Å²) in [5.41, 5.74) is -4.46. The third-order valence-corrected chi connectivity index (χ3v) is 4.97. The number of ether oxygens (including phenoxy) is 1. The van der Waals surface area contributed by atoms with Gasteiger partial charge < -0.3 is 14.9 Å². The second kappa shape index (κ2) is 8.45. The van der Waals surface area contributed by atoms with Crippen LogP contribution in [-0.2, 0) is 9.59 Å². The third kappa shape index (κ3) is 4.27. The van der Waals surface area contributed by atoms with E-state index in [1.807, 2.05) is 0 Å². The van der Waals surface area contributed by atoms with Gasteiger partial charge in [0.2, 0.25) is 0 Å². The topological polar surface area (TPSA) is 83.8 Å². The van der Waals surface area contributed by atoms with Crippen LogP contribution in [0.3, 0.4) is 0 Å². The predicted octanol–water partition coefficient (Wildman–Crippen LogP) is 5.38. The summed E-state index contributed by atoms with van der Waals surface area (Å²) in [7, 11) is 0. The number of hydrogen-bond donors (Lipinski definition) is 2. The monoisotopic (exact) mass is 474 g/mol. The van der Waals surface area contributed by atoms with Crippen LogP contribution in [-0.4, -0.2) is 39.9 Å². The van der Waals surface area contributed by atoms with Gasteiger partial charge in [0.15, 0.2) is 0 Å². The molecule has 0 heterocycles. The van der Waals surface area contributed by atoms with Crippen LogP contribution in [0.1, 0.15) is 30.4 Å². The maximum atomic E-state index is 14.6. The van der Waals surface area contributed by atoms with Crippen molar-refractivity contribution in [3.05, 3.63) is 59.7 Å². The standard InChI is InChI=1S/C22H16F6O5/c23-20(24)18(12-4-8-14(29)9-5-12)19(21(25,26)22(20,27)28)13-6-10-15(11-7-13)33-17(32)3-1-2-16(30)31/h4-11,29H,1-3H2,(H,30,31). The van der Waals surface area contributed by atoms with E-state index in [0.29, 0.717) is 0 Å². The number of carbonyl (C=O) groups is 2. The number of halogens is 6. The van der Waals surface area contributed by atoms with Crippen molar-refractivity contribution in [2.24, 2.45) is 0 Å². The Morgan fingerprint density at radius 1 is 0.758 bits per heavy atom. The lowest BCUT2D eigenvalue weighted by Crippen LogP contribution is -2.48. The molecule has 1 aliphatic carbocycles. The minimum atomic E-state index is -5.72. The molecule has 176 valence electrons. The number of phenols is 1. The first kappa shape index (κ1) is 24.1. The van der Waals surface area contributed by atoms with Crippen molar-refractivity contribution in [1.82, 2.24) is 0 Å². The highest BCUT2D eigenvalue weighted by molar-refractivity contribution is 6.01. The van der Waals surface area contributed by atoms with Gasteiger partial charge in [0, 0.05) is 24.0 Å². The number of rotatable bonds is 7. The highest BCUT2D eigenvalue weighted by atomic mass is 19.3. The average molecular weight is 474 g/mol. The van der Waals surface area contributed by atoms with Crippen LogP contribution in [0.5, 0.6) is 11.5 Å². The zero-order valence-electron chi connectivity index (χ0n) is 16.6. The summed E-state index contributed by atoms with van der Waals surface area (Å²) in [5, 5.41) is 17.9. The van der Waals surface area contributed by atoms with E-state index < -0.39 is 52.0 Å². The lowest BCUT2D eigenvalue weighted by atomic mass is 9.95. The molecule has 33 heavy (non-hydrogen) atoms. The number of benzene rings is 2. The zero-order chi connectivity index (χ0) is 24.6. The van der Waals surface area contributed by atoms with Gasteiger partial charge in [-0.2, -0.15) is 26.3 Å². The second-order valence-corrected chi connectivity index (χ2v) is 7.27. The van der Waals surface area contributed by atoms with Crippen molar-refractivity contribution in [2.75, 3.05) is 0 Å². The zero-order valence-corrected chi connectivity index (χ0v) is 16.6. The Kier molecular flexibility index (Phi) is 6.18. The molecule has 3 rings (SSSR count). The summed E-state index contributed by atoms with van der Waals surface area (Å²) < 4.78 is 91.7. The minimum Gasteiger partial charge on any atom is -0.508 e. The maximum Gasteiger partial charge on any atom is 0.380 e. The fraction of sp³-hybridized carbons (Fsp3) is 0.273. The third-order valence-electron chi connectivity index (χ3n) is 4.97. The van der Waals surface area contributed by atoms with E-state index in [-0.39, 0.29) is 30.8 Å². The number of hydrogen-bond acceptors (Lipinski definition) is 4. The van der Waals surface area contributed by atoms with Gasteiger partial charge in [0.05, 0.1) is 0 Å². The van der Waals surface area contributed by atoms with E-state index in [2.05, 4.69) is 0 Å². The minimum absolute atomic E-state index is 0.00842. The van der Waals surface area contributed by atoms with E-state index in [0.717, 1.165) is 48.5 Å². The molecule has 0 spiro atoms. The van der Waals surface area contributed by atoms with Crippen LogP contribution < -0.4 is 4.74 Å². The highest BCUT2D eigenvalue weighted by Crippen LogP contribution is 2.64. The molecule has 0 atom stereocenters. The van der Waals surface area contributed by atoms with Crippen LogP contribution in [0, 0.1) is 0 Å². The van der Waals surface area contributed by atoms with Crippen molar-refractivity contribution >= 4 is 23.1 Å². The van der Waals surface area contributed by atoms with Gasteiger partial charge in [-0.3, -0.25) is 9.59 Å². The predicted molar refractivity (Wildman–Crippen MR) is 103 cm³/mol. The highest BCUT2D eigenvalue weighted by Gasteiger charge is 2.80. The summed E-state index contributed by atoms with van der Waals surface area (Å²) in [5.74, 6) is -18.7. The van der Waals surface area contributed by atoms with E-state index in [1.54, 1.807) is 0 Å². The maximum absolute atomic E-state index is 14.6. The lowest BCUT2D eigenvalue weighted by molar-refractivity contribution is -0.254. The van der Waals surface area contributed by atoms with Gasteiger partial charge >= 0.3 is 29.7 Å². The summed E-state index contributed by atoms with van der Waals surface area (Å²) in [6.45, 7) is 0. The summed E-state index contributed by atoms with van der Waals surface area (Å²) in [4.78, 5) is 22.2. The van der Waals surface area contributed by atoms with E-state index in [1.165, 1.54) is 0 Å². The molecular formula is C22H16F6O5. The molecule has 11 heteroatoms. The molecule has 0 bridgehead atoms. The van der Waals surface area contributed by atoms with Gasteiger partial charge in [0.25, 0.3) is 0 Å². The molecule has 0 saturated carbocycles. The van der Waals surface area contributed by atoms with Gasteiger partial charge in [-0.1, -0.05) is 24.3 Å². The second-order valence-electron chi connectivity index (χ2n) is 7.27. The van der Waals surface area contributed by atoms with E-state index >= 15 is 0 Å². The molecule has 0 saturated heterocycles. The SMILES string of the molecule is O=C(O)CCCC(=O)Oc1ccc(C2=C(c3ccc(O)cc3)C(F)(F)C(F)(F)C2(F)F)cc1. The summed E-state index contributed by atoms with van der Waals surface area (Å²) >= 11 is 0. The number of carboxylic acid groups (broad SMARTS) is 1. The Labute approximate surface area is 182 Å². The number of aromatic hydroxyl groups is 1. The number of esters is 1. The lowest BCUT2D eigenvalue weighted by Gasteiger charge is -2.25. The number of carbonyl (C=O) groups excluding carboxylic acids is 1. The van der Waals surface area contributed by atoms with E-state index in [9.17, 15) is 41.0 Å². The number of alkyl halides is 6. The fourth-order valence-electron chi connectivity index (χ4n) is 3.36. The molecule has 5 nitrogen and oxygen atoms in total. The molecule has 2 aromatic carbocycles. The van der Waals surface area contributed by atoms with E-state index in [4.69, 9.17) is 9.84 Å². The van der Waals surface area contributed by atoms with Crippen molar-refractivity contribution in [3.63, 3.8) is 0 Å². The Bertz CT molecular complexity index is 1090. The number of aliphatic carboxylic acids is 1. The average Bonchev–Trinajstić information content (AvgIpc) is 2.83. The van der Waals surface area contributed by atoms with Gasteiger partial charge in [0.1, 0.15) is 11.5 Å². The van der Waals surface area contributed by atoms with Crippen molar-refractivity contribution < 1.29 is 50.9 Å². The first-order chi connectivity index (χ1) is 15.3. The summed E-state index contributed by atoms with van der Waals surface area (Å²) in [6.07, 6.45) is -0.536. The first-order valence-corrected chi connectivity index (χ1v) is 9.50. The van der Waals surface area contributed by atoms with Crippen LogP contribution in [0.25, 0.3) is 11.1 Å². The number of carboxylic acids is 1. The van der Waals surface area contributed by atoms with Crippen molar-refractivity contribution in [2.45, 2.75) is 37.0 Å². The molecule has 0 radical (unpaired) electrons. The van der Waals surface area contributed by atoms with Crippen molar-refractivity contribution in [3.8, 4) is 11.5 Å². The van der Waals surface area contributed by atoms with Crippen LogP contribution in [0.2, 0.25) is 0 Å². The quantitative estimate of drug-likeness (QED) is 0.320. The van der Waals surface area contributed by atoms with Crippen LogP contribution in [0.4, 0.5) is 26.3 Å². The number of phenolic OH excluding ortho intramolecular Hbond substituents is 1. The molecule has 2 aromatic rings. The molecule has 0 fully saturated rings. The Morgan fingerprint density at radius 3 is 1.67 bits per heavy atom. The molecule has 2 N–H and O–H groups in total. The Hall–Kier alpha value is -3.50. The van der Waals surface area contributed by atoms with Crippen LogP contribution >= 0.6 is 0 Å². The van der Waals surface area contributed by atoms with Gasteiger partial charge in [-0.15, -0.1) is 0 Å². The smallest absolute Gasteiger partial charge is 0.380 e. The molecule has 0 unspecified atom stereocenters. The number of allylic oxidation sites excluding steroid dienone is 2. The summed E-state index contributed by atoms with van der Waals surface area (Å²) in [6, 6.07) is 7.05. The Morgan fingerprint density at radius 2 is 1.21 bits per heavy atom. The molecular weight excluding hydrogens is 458 g/mol. The largest absolute Gasteiger partial charge is 0.508 e. The normalized spacial score (nSPS) is 18.2.